The standard InChI is InChI=1S/C5H14N2O6S2/c1-3-7(15(11,12)13)6(2)4-5-14(8,9)10/h3-5H2,1-2H3,(H,8,9,10)(H,11,12,13)/q+1. The molecule has 0 bridgehead atoms. The fraction of sp³-hybridized carbons (Fsp3) is 1.00. The number of hydrogen-bond acceptors (Lipinski definition) is 5. The van der Waals surface area contributed by atoms with Gasteiger partial charge in [-0.25, -0.2) is 0 Å². The van der Waals surface area contributed by atoms with Gasteiger partial charge in [0.15, 0.2) is 6.54 Å². The van der Waals surface area contributed by atoms with E-state index >= 15 is 0 Å². The Bertz CT molecular complexity index is 388. The first-order valence-electron chi connectivity index (χ1n) is 3.99. The molecule has 0 aromatic heterocycles. The highest BCUT2D eigenvalue weighted by Gasteiger charge is 2.31. The average Bonchev–Trinajstić information content (AvgIpc) is 1.98. The lowest BCUT2D eigenvalue weighted by Crippen LogP contribution is -2.49. The van der Waals surface area contributed by atoms with Gasteiger partial charge in [-0.1, -0.05) is 5.01 Å². The largest absolute Gasteiger partial charge is 0.383 e. The van der Waals surface area contributed by atoms with E-state index in [9.17, 15) is 16.8 Å². The Morgan fingerprint density at radius 3 is 1.93 bits per heavy atom. The third-order valence-electron chi connectivity index (χ3n) is 1.59. The second-order valence-corrected chi connectivity index (χ2v) is 5.67. The summed E-state index contributed by atoms with van der Waals surface area (Å²) < 4.78 is 60.0. The Morgan fingerprint density at radius 1 is 1.20 bits per heavy atom. The Morgan fingerprint density at radius 2 is 1.67 bits per heavy atom. The first kappa shape index (κ1) is 14.7. The smallest absolute Gasteiger partial charge is 0.285 e. The zero-order chi connectivity index (χ0) is 12.3. The van der Waals surface area contributed by atoms with Crippen LogP contribution in [0.4, 0.5) is 0 Å². The van der Waals surface area contributed by atoms with Gasteiger partial charge in [0.25, 0.3) is 10.1 Å². The van der Waals surface area contributed by atoms with E-state index in [1.165, 1.54) is 14.0 Å². The highest BCUT2D eigenvalue weighted by atomic mass is 32.2. The van der Waals surface area contributed by atoms with Gasteiger partial charge in [0.2, 0.25) is 0 Å². The van der Waals surface area contributed by atoms with Crippen LogP contribution in [-0.4, -0.2) is 56.2 Å². The minimum atomic E-state index is -4.40. The third kappa shape index (κ3) is 6.02. The molecule has 1 radical (unpaired) electrons. The molecule has 0 amide bonds. The van der Waals surface area contributed by atoms with Crippen LogP contribution in [0.2, 0.25) is 0 Å². The van der Waals surface area contributed by atoms with Crippen molar-refractivity contribution in [1.82, 2.24) is 9.42 Å². The fourth-order valence-corrected chi connectivity index (χ4v) is 2.19. The molecule has 0 saturated heterocycles. The van der Waals surface area contributed by atoms with Crippen molar-refractivity contribution in [3.05, 3.63) is 0 Å². The zero-order valence-electron chi connectivity index (χ0n) is 8.36. The number of hydrogen-bond donors (Lipinski definition) is 2. The van der Waals surface area contributed by atoms with Gasteiger partial charge in [0, 0.05) is 4.41 Å². The molecule has 2 N–H and O–H groups in total. The highest BCUT2D eigenvalue weighted by molar-refractivity contribution is 7.85. The fourth-order valence-electron chi connectivity index (χ4n) is 0.940. The molecule has 0 aliphatic carbocycles. The normalized spacial score (nSPS) is 13.7. The number of hydrazine groups is 1. The van der Waals surface area contributed by atoms with Crippen LogP contribution in [0.5, 0.6) is 0 Å². The Hall–Kier alpha value is -0.260. The second-order valence-electron chi connectivity index (χ2n) is 2.78. The first-order valence-corrected chi connectivity index (χ1v) is 7.00. The van der Waals surface area contributed by atoms with E-state index in [4.69, 9.17) is 9.11 Å². The summed E-state index contributed by atoms with van der Waals surface area (Å²) in [4.78, 5) is 0. The average molecular weight is 262 g/mol. The van der Waals surface area contributed by atoms with Crippen molar-refractivity contribution in [1.29, 1.82) is 0 Å². The van der Waals surface area contributed by atoms with Gasteiger partial charge >= 0.3 is 10.3 Å². The van der Waals surface area contributed by atoms with Gasteiger partial charge in [-0.05, 0) is 6.92 Å². The molecule has 0 aromatic rings. The van der Waals surface area contributed by atoms with Gasteiger partial charge in [-0.3, -0.25) is 9.11 Å². The molecule has 0 atom stereocenters. The summed E-state index contributed by atoms with van der Waals surface area (Å²) in [6.45, 7) is 1.19. The van der Waals surface area contributed by atoms with Crippen LogP contribution in [0.1, 0.15) is 6.92 Å². The third-order valence-corrected chi connectivity index (χ3v) is 3.36. The van der Waals surface area contributed by atoms with Gasteiger partial charge < -0.3 is 0 Å². The molecule has 0 aromatic carbocycles. The van der Waals surface area contributed by atoms with E-state index in [-0.39, 0.29) is 13.1 Å². The molecule has 0 aliphatic rings. The maximum atomic E-state index is 10.8. The molecule has 0 fully saturated rings. The zero-order valence-corrected chi connectivity index (χ0v) is 9.99. The van der Waals surface area contributed by atoms with Crippen LogP contribution in [0.25, 0.3) is 0 Å². The topological polar surface area (TPSA) is 118 Å². The van der Waals surface area contributed by atoms with E-state index in [2.05, 4.69) is 0 Å². The minimum absolute atomic E-state index is 0.0409. The van der Waals surface area contributed by atoms with Crippen molar-refractivity contribution in [2.75, 3.05) is 25.9 Å². The van der Waals surface area contributed by atoms with Crippen molar-refractivity contribution in [3.8, 4) is 0 Å². The molecular weight excluding hydrogens is 248 g/mol. The molecule has 91 valence electrons. The Kier molecular flexibility index (Phi) is 5.09. The van der Waals surface area contributed by atoms with Crippen molar-refractivity contribution in [2.24, 2.45) is 0 Å². The summed E-state index contributed by atoms with van der Waals surface area (Å²) >= 11 is 0. The van der Waals surface area contributed by atoms with Crippen LogP contribution in [0, 0.1) is 0 Å². The molecule has 0 aliphatic heterocycles. The van der Waals surface area contributed by atoms with Crippen LogP contribution in [-0.2, 0) is 20.4 Å². The molecule has 0 heterocycles. The van der Waals surface area contributed by atoms with Gasteiger partial charge in [-0.15, -0.1) is 0 Å². The van der Waals surface area contributed by atoms with E-state index in [1.54, 1.807) is 0 Å². The molecule has 8 nitrogen and oxygen atoms in total. The van der Waals surface area contributed by atoms with Gasteiger partial charge in [0.05, 0.1) is 6.54 Å². The summed E-state index contributed by atoms with van der Waals surface area (Å²) in [5.41, 5.74) is 0. The van der Waals surface area contributed by atoms with Crippen LogP contribution in [0.3, 0.4) is 0 Å². The molecule has 0 spiro atoms. The van der Waals surface area contributed by atoms with E-state index < -0.39 is 26.2 Å². The minimum Gasteiger partial charge on any atom is -0.285 e. The van der Waals surface area contributed by atoms with Crippen molar-refractivity contribution < 1.29 is 25.9 Å². The van der Waals surface area contributed by atoms with E-state index in [1.807, 2.05) is 0 Å². The summed E-state index contributed by atoms with van der Waals surface area (Å²) in [5, 5.41) is 0.989. The summed E-state index contributed by atoms with van der Waals surface area (Å²) in [5.74, 6) is -0.616. The van der Waals surface area contributed by atoms with Gasteiger partial charge in [0.1, 0.15) is 12.8 Å². The lowest BCUT2D eigenvalue weighted by molar-refractivity contribution is 0.192. The molecule has 0 saturated carbocycles. The SMILES string of the molecule is CCN([N+](C)CCS(=O)(=O)O)S(=O)(=O)O. The monoisotopic (exact) mass is 262 g/mol. The lowest BCUT2D eigenvalue weighted by Gasteiger charge is -2.15. The van der Waals surface area contributed by atoms with Gasteiger partial charge in [-0.2, -0.15) is 16.8 Å². The maximum absolute atomic E-state index is 10.8. The Balaban J connectivity index is 4.50. The van der Waals surface area contributed by atoms with E-state index in [0.717, 1.165) is 5.01 Å². The van der Waals surface area contributed by atoms with E-state index in [0.29, 0.717) is 4.41 Å². The number of nitrogens with zero attached hydrogens (tertiary/aromatic N) is 2. The van der Waals surface area contributed by atoms with Crippen molar-refractivity contribution in [3.63, 3.8) is 0 Å². The number of rotatable bonds is 6. The van der Waals surface area contributed by atoms with Crippen LogP contribution < -0.4 is 5.01 Å². The maximum Gasteiger partial charge on any atom is 0.383 e. The highest BCUT2D eigenvalue weighted by Crippen LogP contribution is 1.98. The van der Waals surface area contributed by atoms with Crippen molar-refractivity contribution in [2.45, 2.75) is 6.92 Å². The summed E-state index contributed by atoms with van der Waals surface area (Å²) in [6.07, 6.45) is 0. The second kappa shape index (κ2) is 5.18. The molecule has 0 rings (SSSR count). The lowest BCUT2D eigenvalue weighted by atomic mass is 10.7. The summed E-state index contributed by atoms with van der Waals surface area (Å²) in [7, 11) is -7.27. The Labute approximate surface area is 89.1 Å². The predicted molar refractivity (Wildman–Crippen MR) is 53.3 cm³/mol. The molecule has 10 heteroatoms. The van der Waals surface area contributed by atoms with Crippen molar-refractivity contribution >= 4 is 20.4 Å². The first-order chi connectivity index (χ1) is 6.58. The summed E-state index contributed by atoms with van der Waals surface area (Å²) in [6, 6.07) is 0. The molecular formula is C5H14N2O6S2+. The van der Waals surface area contributed by atoms with Crippen LogP contribution in [0.15, 0.2) is 0 Å². The predicted octanol–water partition coefficient (Wildman–Crippen LogP) is -1.32. The quantitative estimate of drug-likeness (QED) is 0.348. The molecule has 0 unspecified atom stereocenters. The van der Waals surface area contributed by atoms with Crippen LogP contribution >= 0.6 is 0 Å². The molecule has 15 heavy (non-hydrogen) atoms.